The summed E-state index contributed by atoms with van der Waals surface area (Å²) >= 11 is 17.9. The van der Waals surface area contributed by atoms with Crippen molar-refractivity contribution in [3.8, 4) is 0 Å². The third kappa shape index (κ3) is 5.92. The van der Waals surface area contributed by atoms with Gasteiger partial charge in [0.15, 0.2) is 6.61 Å². The Morgan fingerprint density at radius 2 is 1.72 bits per heavy atom. The summed E-state index contributed by atoms with van der Waals surface area (Å²) in [7, 11) is 0. The molecule has 1 N–H and O–H groups in total. The van der Waals surface area contributed by atoms with E-state index in [9.17, 15) is 9.59 Å². The molecule has 25 heavy (non-hydrogen) atoms. The van der Waals surface area contributed by atoms with Crippen LogP contribution in [0.25, 0.3) is 0 Å². The standard InChI is InChI=1S/C18H16Cl3NO3/c1-11(12-4-2-5-13(19)8-12)22-17(23)10-25-18(24)9-14-15(20)6-3-7-16(14)21/h2-8,11H,9-10H2,1H3,(H,22,23)/t11-/m0/s1. The van der Waals surface area contributed by atoms with Gasteiger partial charge in [-0.25, -0.2) is 0 Å². The number of hydrogen-bond donors (Lipinski definition) is 1. The summed E-state index contributed by atoms with van der Waals surface area (Å²) < 4.78 is 4.98. The maximum absolute atomic E-state index is 11.9. The molecule has 0 unspecified atom stereocenters. The summed E-state index contributed by atoms with van der Waals surface area (Å²) in [5, 5.41) is 4.08. The summed E-state index contributed by atoms with van der Waals surface area (Å²) in [5.41, 5.74) is 1.33. The maximum Gasteiger partial charge on any atom is 0.310 e. The molecule has 0 aliphatic heterocycles. The van der Waals surface area contributed by atoms with Crippen LogP contribution < -0.4 is 5.32 Å². The molecule has 0 spiro atoms. The fraction of sp³-hybridized carbons (Fsp3) is 0.222. The molecule has 0 saturated heterocycles. The van der Waals surface area contributed by atoms with Gasteiger partial charge in [-0.05, 0) is 36.8 Å². The molecule has 0 saturated carbocycles. The van der Waals surface area contributed by atoms with Crippen molar-refractivity contribution in [2.24, 2.45) is 0 Å². The monoisotopic (exact) mass is 399 g/mol. The Labute approximate surface area is 161 Å². The highest BCUT2D eigenvalue weighted by Crippen LogP contribution is 2.24. The number of rotatable bonds is 6. The van der Waals surface area contributed by atoms with Crippen molar-refractivity contribution in [1.82, 2.24) is 5.32 Å². The van der Waals surface area contributed by atoms with Crippen molar-refractivity contribution in [3.63, 3.8) is 0 Å². The molecular formula is C18H16Cl3NO3. The van der Waals surface area contributed by atoms with Crippen molar-refractivity contribution < 1.29 is 14.3 Å². The minimum absolute atomic E-state index is 0.102. The average molecular weight is 401 g/mol. The Balaban J connectivity index is 1.84. The summed E-state index contributed by atoms with van der Waals surface area (Å²) in [6.45, 7) is 1.43. The van der Waals surface area contributed by atoms with Crippen LogP contribution in [-0.4, -0.2) is 18.5 Å². The van der Waals surface area contributed by atoms with Crippen LogP contribution in [0.15, 0.2) is 42.5 Å². The Hall–Kier alpha value is -1.75. The lowest BCUT2D eigenvalue weighted by Crippen LogP contribution is -2.31. The zero-order valence-electron chi connectivity index (χ0n) is 13.4. The Bertz CT molecular complexity index is 760. The van der Waals surface area contributed by atoms with E-state index in [-0.39, 0.29) is 19.1 Å². The number of ether oxygens (including phenoxy) is 1. The van der Waals surface area contributed by atoms with E-state index in [0.29, 0.717) is 20.6 Å². The van der Waals surface area contributed by atoms with E-state index >= 15 is 0 Å². The van der Waals surface area contributed by atoms with Gasteiger partial charge in [0.25, 0.3) is 5.91 Å². The van der Waals surface area contributed by atoms with Crippen LogP contribution in [0.4, 0.5) is 0 Å². The van der Waals surface area contributed by atoms with Gasteiger partial charge in [0, 0.05) is 20.6 Å². The fourth-order valence-corrected chi connectivity index (χ4v) is 2.91. The van der Waals surface area contributed by atoms with Gasteiger partial charge in [0.2, 0.25) is 0 Å². The van der Waals surface area contributed by atoms with E-state index in [1.165, 1.54) is 0 Å². The summed E-state index contributed by atoms with van der Waals surface area (Å²) in [6, 6.07) is 11.9. The minimum Gasteiger partial charge on any atom is -0.455 e. The highest BCUT2D eigenvalue weighted by molar-refractivity contribution is 6.36. The third-order valence-corrected chi connectivity index (χ3v) is 4.42. The van der Waals surface area contributed by atoms with Crippen molar-refractivity contribution >= 4 is 46.7 Å². The number of benzene rings is 2. The molecule has 1 amide bonds. The van der Waals surface area contributed by atoms with Crippen LogP contribution in [0.3, 0.4) is 0 Å². The van der Waals surface area contributed by atoms with Crippen LogP contribution in [0.1, 0.15) is 24.1 Å². The first kappa shape index (κ1) is 19.6. The van der Waals surface area contributed by atoms with E-state index in [0.717, 1.165) is 5.56 Å². The molecule has 2 rings (SSSR count). The molecule has 2 aromatic rings. The number of nitrogens with one attached hydrogen (secondary N) is 1. The Morgan fingerprint density at radius 1 is 1.08 bits per heavy atom. The first-order chi connectivity index (χ1) is 11.9. The predicted octanol–water partition coefficient (Wildman–Crippen LogP) is 4.61. The van der Waals surface area contributed by atoms with Gasteiger partial charge < -0.3 is 10.1 Å². The summed E-state index contributed by atoms with van der Waals surface area (Å²) in [4.78, 5) is 23.8. The number of hydrogen-bond acceptors (Lipinski definition) is 3. The molecule has 4 nitrogen and oxygen atoms in total. The molecule has 0 fully saturated rings. The van der Waals surface area contributed by atoms with Gasteiger partial charge in [-0.3, -0.25) is 9.59 Å². The lowest BCUT2D eigenvalue weighted by Gasteiger charge is -2.15. The van der Waals surface area contributed by atoms with E-state index in [2.05, 4.69) is 5.32 Å². The third-order valence-electron chi connectivity index (χ3n) is 3.47. The lowest BCUT2D eigenvalue weighted by molar-refractivity contribution is -0.148. The molecule has 0 radical (unpaired) electrons. The average Bonchev–Trinajstić information content (AvgIpc) is 2.56. The topological polar surface area (TPSA) is 55.4 Å². The summed E-state index contributed by atoms with van der Waals surface area (Å²) in [5.74, 6) is -0.994. The second-order valence-corrected chi connectivity index (χ2v) is 6.63. The zero-order chi connectivity index (χ0) is 18.4. The molecule has 0 aliphatic carbocycles. The highest BCUT2D eigenvalue weighted by Gasteiger charge is 2.15. The second-order valence-electron chi connectivity index (χ2n) is 5.38. The van der Waals surface area contributed by atoms with Crippen LogP contribution in [0.5, 0.6) is 0 Å². The summed E-state index contributed by atoms with van der Waals surface area (Å²) in [6.07, 6.45) is -0.102. The van der Waals surface area contributed by atoms with Crippen LogP contribution >= 0.6 is 34.8 Å². The Kier molecular flexibility index (Phi) is 7.12. The van der Waals surface area contributed by atoms with Crippen LogP contribution in [0.2, 0.25) is 15.1 Å². The molecule has 0 aromatic heterocycles. The number of halogens is 3. The first-order valence-electron chi connectivity index (χ1n) is 7.50. The van der Waals surface area contributed by atoms with Crippen molar-refractivity contribution in [2.45, 2.75) is 19.4 Å². The smallest absolute Gasteiger partial charge is 0.310 e. The molecule has 1 atom stereocenters. The van der Waals surface area contributed by atoms with Gasteiger partial charge in [-0.1, -0.05) is 53.0 Å². The van der Waals surface area contributed by atoms with Crippen molar-refractivity contribution in [3.05, 3.63) is 68.7 Å². The van der Waals surface area contributed by atoms with Crippen LogP contribution in [0, 0.1) is 0 Å². The first-order valence-corrected chi connectivity index (χ1v) is 8.63. The number of carbonyl (C=O) groups is 2. The Morgan fingerprint density at radius 3 is 2.36 bits per heavy atom. The number of amides is 1. The molecule has 0 bridgehead atoms. The lowest BCUT2D eigenvalue weighted by atomic mass is 10.1. The van der Waals surface area contributed by atoms with E-state index < -0.39 is 11.9 Å². The molecule has 0 aliphatic rings. The highest BCUT2D eigenvalue weighted by atomic mass is 35.5. The van der Waals surface area contributed by atoms with E-state index in [4.69, 9.17) is 39.5 Å². The molecule has 2 aromatic carbocycles. The van der Waals surface area contributed by atoms with Gasteiger partial charge >= 0.3 is 5.97 Å². The number of esters is 1. The predicted molar refractivity (Wildman–Crippen MR) is 99.1 cm³/mol. The van der Waals surface area contributed by atoms with Gasteiger partial charge in [0.05, 0.1) is 12.5 Å². The normalized spacial score (nSPS) is 11.7. The number of carbonyl (C=O) groups excluding carboxylic acids is 2. The van der Waals surface area contributed by atoms with Crippen LogP contribution in [-0.2, 0) is 20.7 Å². The van der Waals surface area contributed by atoms with Crippen molar-refractivity contribution in [1.29, 1.82) is 0 Å². The van der Waals surface area contributed by atoms with Gasteiger partial charge in [-0.15, -0.1) is 0 Å². The molecular weight excluding hydrogens is 385 g/mol. The molecule has 132 valence electrons. The molecule has 0 heterocycles. The van der Waals surface area contributed by atoms with Crippen molar-refractivity contribution in [2.75, 3.05) is 6.61 Å². The van der Waals surface area contributed by atoms with E-state index in [1.54, 1.807) is 36.4 Å². The minimum atomic E-state index is -0.583. The second kappa shape index (κ2) is 9.09. The van der Waals surface area contributed by atoms with Gasteiger partial charge in [0.1, 0.15) is 0 Å². The quantitative estimate of drug-likeness (QED) is 0.720. The van der Waals surface area contributed by atoms with E-state index in [1.807, 2.05) is 13.0 Å². The van der Waals surface area contributed by atoms with Gasteiger partial charge in [-0.2, -0.15) is 0 Å². The zero-order valence-corrected chi connectivity index (χ0v) is 15.7. The fourth-order valence-electron chi connectivity index (χ4n) is 2.19. The SMILES string of the molecule is C[C@H](NC(=O)COC(=O)Cc1c(Cl)cccc1Cl)c1cccc(Cl)c1. The largest absolute Gasteiger partial charge is 0.455 e. The molecule has 7 heteroatoms. The maximum atomic E-state index is 11.9.